The minimum Gasteiger partial charge on any atom is -0.345 e. The highest BCUT2D eigenvalue weighted by Gasteiger charge is 2.64. The van der Waals surface area contributed by atoms with Gasteiger partial charge in [-0.05, 0) is 37.2 Å². The van der Waals surface area contributed by atoms with Gasteiger partial charge in [0.2, 0.25) is 11.8 Å². The molecular weight excluding hydrogens is 378 g/mol. The minimum atomic E-state index is -0.257. The summed E-state index contributed by atoms with van der Waals surface area (Å²) in [5, 5.41) is 0. The fraction of sp³-hybridized carbons (Fsp3) is 0.739. The van der Waals surface area contributed by atoms with Gasteiger partial charge >= 0.3 is 0 Å². The number of likely N-dealkylation sites (tertiary alicyclic amines) is 3. The lowest BCUT2D eigenvalue weighted by Crippen LogP contribution is -2.53. The molecule has 30 heavy (non-hydrogen) atoms. The van der Waals surface area contributed by atoms with Crippen molar-refractivity contribution in [2.75, 3.05) is 46.3 Å². The second-order valence-corrected chi connectivity index (χ2v) is 10.0. The molecule has 0 radical (unpaired) electrons. The molecule has 0 unspecified atom stereocenters. The maximum absolute atomic E-state index is 13.3. The fourth-order valence-electron chi connectivity index (χ4n) is 6.09. The summed E-state index contributed by atoms with van der Waals surface area (Å²) in [6.07, 6.45) is 9.06. The summed E-state index contributed by atoms with van der Waals surface area (Å²) in [5.41, 5.74) is 0.749. The summed E-state index contributed by atoms with van der Waals surface area (Å²) in [4.78, 5) is 40.6. The molecule has 2 amide bonds. The molecule has 1 atom stereocenters. The molecule has 3 saturated heterocycles. The zero-order valence-corrected chi connectivity index (χ0v) is 18.6. The van der Waals surface area contributed by atoms with Crippen LogP contribution in [0.25, 0.3) is 0 Å². The third kappa shape index (κ3) is 3.72. The molecule has 4 heterocycles. The van der Waals surface area contributed by atoms with Crippen LogP contribution in [0.5, 0.6) is 0 Å². The number of hydrogen-bond donors (Lipinski definition) is 0. The number of nitrogens with zero attached hydrogens (tertiary/aromatic N) is 5. The van der Waals surface area contributed by atoms with Crippen LogP contribution in [0.15, 0.2) is 18.7 Å². The Kier molecular flexibility index (Phi) is 5.84. The third-order valence-electron chi connectivity index (χ3n) is 7.60. The lowest BCUT2D eigenvalue weighted by atomic mass is 9.60. The fourth-order valence-corrected chi connectivity index (χ4v) is 6.09. The van der Waals surface area contributed by atoms with E-state index in [4.69, 9.17) is 0 Å². The largest absolute Gasteiger partial charge is 0.345 e. The number of aryl methyl sites for hydroxylation is 1. The van der Waals surface area contributed by atoms with E-state index in [1.165, 1.54) is 6.33 Å². The molecule has 3 fully saturated rings. The molecule has 1 aromatic rings. The Labute approximate surface area is 179 Å². The van der Waals surface area contributed by atoms with Crippen LogP contribution in [0.4, 0.5) is 0 Å². The Morgan fingerprint density at radius 2 is 1.80 bits per heavy atom. The van der Waals surface area contributed by atoms with Gasteiger partial charge in [0.15, 0.2) is 0 Å². The quantitative estimate of drug-likeness (QED) is 0.737. The van der Waals surface area contributed by atoms with Gasteiger partial charge in [-0.1, -0.05) is 13.8 Å². The third-order valence-corrected chi connectivity index (χ3v) is 7.60. The van der Waals surface area contributed by atoms with E-state index in [0.29, 0.717) is 24.7 Å². The SMILES string of the molecule is CC(C)CN1CC2(CCN(C(=O)CCc3cncnc3)CC2)[C@@]2(CCN(C)C2=O)C1. The summed E-state index contributed by atoms with van der Waals surface area (Å²) in [7, 11) is 1.95. The van der Waals surface area contributed by atoms with Crippen LogP contribution in [0.1, 0.15) is 45.1 Å². The molecule has 0 bridgehead atoms. The number of carbonyl (C=O) groups excluding carboxylic acids is 2. The van der Waals surface area contributed by atoms with Crippen molar-refractivity contribution < 1.29 is 9.59 Å². The molecule has 4 rings (SSSR count). The molecule has 0 N–H and O–H groups in total. The summed E-state index contributed by atoms with van der Waals surface area (Å²) in [5.74, 6) is 1.13. The van der Waals surface area contributed by atoms with E-state index >= 15 is 0 Å². The van der Waals surface area contributed by atoms with Crippen LogP contribution in [0.2, 0.25) is 0 Å². The van der Waals surface area contributed by atoms with Gasteiger partial charge < -0.3 is 14.7 Å². The van der Waals surface area contributed by atoms with E-state index in [9.17, 15) is 9.59 Å². The van der Waals surface area contributed by atoms with E-state index < -0.39 is 0 Å². The van der Waals surface area contributed by atoms with Crippen molar-refractivity contribution in [3.05, 3.63) is 24.3 Å². The molecule has 3 aliphatic heterocycles. The predicted octanol–water partition coefficient (Wildman–Crippen LogP) is 1.84. The first-order valence-electron chi connectivity index (χ1n) is 11.3. The topological polar surface area (TPSA) is 69.6 Å². The lowest BCUT2D eigenvalue weighted by Gasteiger charge is -2.47. The van der Waals surface area contributed by atoms with Gasteiger partial charge in [0.1, 0.15) is 6.33 Å². The number of aromatic nitrogens is 2. The number of amides is 2. The van der Waals surface area contributed by atoms with Crippen molar-refractivity contribution in [1.82, 2.24) is 24.7 Å². The van der Waals surface area contributed by atoms with Crippen LogP contribution < -0.4 is 0 Å². The zero-order chi connectivity index (χ0) is 21.4. The summed E-state index contributed by atoms with van der Waals surface area (Å²) in [6, 6.07) is 0. The molecule has 3 aliphatic rings. The Balaban J connectivity index is 1.43. The summed E-state index contributed by atoms with van der Waals surface area (Å²) < 4.78 is 0. The number of piperidine rings is 1. The molecule has 7 heteroatoms. The summed E-state index contributed by atoms with van der Waals surface area (Å²) in [6.45, 7) is 9.81. The van der Waals surface area contributed by atoms with Crippen molar-refractivity contribution >= 4 is 11.8 Å². The summed E-state index contributed by atoms with van der Waals surface area (Å²) >= 11 is 0. The van der Waals surface area contributed by atoms with E-state index in [1.54, 1.807) is 12.4 Å². The molecule has 1 aromatic heterocycles. The van der Waals surface area contributed by atoms with Gasteiger partial charge in [0.25, 0.3) is 0 Å². The van der Waals surface area contributed by atoms with Gasteiger partial charge in [0, 0.05) is 70.5 Å². The van der Waals surface area contributed by atoms with Crippen molar-refractivity contribution in [1.29, 1.82) is 0 Å². The van der Waals surface area contributed by atoms with Crippen LogP contribution in [-0.4, -0.2) is 82.8 Å². The van der Waals surface area contributed by atoms with Crippen LogP contribution in [0.3, 0.4) is 0 Å². The minimum absolute atomic E-state index is 0.00772. The highest BCUT2D eigenvalue weighted by atomic mass is 16.2. The molecule has 2 spiro atoms. The van der Waals surface area contributed by atoms with E-state index in [-0.39, 0.29) is 16.7 Å². The van der Waals surface area contributed by atoms with Crippen LogP contribution in [0, 0.1) is 16.7 Å². The van der Waals surface area contributed by atoms with Crippen molar-refractivity contribution in [3.8, 4) is 0 Å². The molecule has 0 saturated carbocycles. The second-order valence-electron chi connectivity index (χ2n) is 10.0. The van der Waals surface area contributed by atoms with E-state index in [0.717, 1.165) is 64.1 Å². The monoisotopic (exact) mass is 413 g/mol. The molecular formula is C23H35N5O2. The van der Waals surface area contributed by atoms with Gasteiger partial charge in [-0.25, -0.2) is 9.97 Å². The predicted molar refractivity (Wildman–Crippen MR) is 115 cm³/mol. The van der Waals surface area contributed by atoms with Gasteiger partial charge in [-0.2, -0.15) is 0 Å². The first-order valence-corrected chi connectivity index (χ1v) is 11.3. The molecule has 7 nitrogen and oxygen atoms in total. The number of hydrogen-bond acceptors (Lipinski definition) is 5. The van der Waals surface area contributed by atoms with Crippen LogP contribution in [-0.2, 0) is 16.0 Å². The average molecular weight is 414 g/mol. The van der Waals surface area contributed by atoms with E-state index in [2.05, 4.69) is 28.7 Å². The van der Waals surface area contributed by atoms with E-state index in [1.807, 2.05) is 16.8 Å². The molecule has 164 valence electrons. The highest BCUT2D eigenvalue weighted by Crippen LogP contribution is 2.57. The smallest absolute Gasteiger partial charge is 0.230 e. The van der Waals surface area contributed by atoms with Crippen molar-refractivity contribution in [2.24, 2.45) is 16.7 Å². The Morgan fingerprint density at radius 1 is 1.10 bits per heavy atom. The highest BCUT2D eigenvalue weighted by molar-refractivity contribution is 5.86. The number of carbonyl (C=O) groups is 2. The van der Waals surface area contributed by atoms with Gasteiger partial charge in [-0.15, -0.1) is 0 Å². The maximum atomic E-state index is 13.3. The van der Waals surface area contributed by atoms with Crippen LogP contribution >= 0.6 is 0 Å². The molecule has 0 aromatic carbocycles. The maximum Gasteiger partial charge on any atom is 0.230 e. The lowest BCUT2D eigenvalue weighted by molar-refractivity contribution is -0.143. The number of fused-ring (bicyclic) bond motifs is 1. The standard InChI is InChI=1S/C23H35N5O2/c1-18(2)14-27-15-22(23(16-27)8-9-26(3)21(23)30)6-10-28(11-7-22)20(29)5-4-19-12-24-17-25-13-19/h12-13,17-18H,4-11,14-16H2,1-3H3/t23-/m0/s1. The first kappa shape index (κ1) is 21.2. The van der Waals surface area contributed by atoms with Gasteiger partial charge in [-0.3, -0.25) is 9.59 Å². The number of rotatable bonds is 5. The van der Waals surface area contributed by atoms with Gasteiger partial charge in [0.05, 0.1) is 5.41 Å². The van der Waals surface area contributed by atoms with Crippen molar-refractivity contribution in [2.45, 2.75) is 46.0 Å². The average Bonchev–Trinajstić information content (AvgIpc) is 3.19. The Hall–Kier alpha value is -2.02. The van der Waals surface area contributed by atoms with Crippen molar-refractivity contribution in [3.63, 3.8) is 0 Å². The first-order chi connectivity index (χ1) is 14.4. The zero-order valence-electron chi connectivity index (χ0n) is 18.6. The second kappa shape index (κ2) is 8.25. The Bertz CT molecular complexity index is 775. The molecule has 0 aliphatic carbocycles. The normalized spacial score (nSPS) is 26.5. The Morgan fingerprint density at radius 3 is 2.40 bits per heavy atom.